The Bertz CT molecular complexity index is 1270. The lowest BCUT2D eigenvalue weighted by molar-refractivity contribution is -0.138. The highest BCUT2D eigenvalue weighted by molar-refractivity contribution is 7.18. The third-order valence-electron chi connectivity index (χ3n) is 4.41. The van der Waals surface area contributed by atoms with Gasteiger partial charge >= 0.3 is 12.3 Å². The fraction of sp³-hybridized carbons (Fsp3) is 0.150. The average Bonchev–Trinajstić information content (AvgIpc) is 3.40. The lowest BCUT2D eigenvalue weighted by Crippen LogP contribution is -2.28. The molecule has 2 heterocycles. The van der Waals surface area contributed by atoms with Crippen molar-refractivity contribution in [2.75, 3.05) is 5.32 Å². The zero-order chi connectivity index (χ0) is 23.6. The first-order valence-corrected chi connectivity index (χ1v) is 11.0. The lowest BCUT2D eigenvalue weighted by Gasteiger charge is -2.18. The molecular weight excluding hydrogens is 479 g/mol. The van der Waals surface area contributed by atoms with E-state index in [2.05, 4.69) is 20.5 Å². The van der Waals surface area contributed by atoms with E-state index < -0.39 is 23.2 Å². The Kier molecular flexibility index (Phi) is 6.24. The number of nitrogens with one attached hydrogen (secondary N) is 1. The number of hydrogen-bond donors (Lipinski definition) is 2. The molecule has 0 radical (unpaired) electrons. The first kappa shape index (κ1) is 22.6. The standard InChI is InChI=1S/C20H14F3N5O3S2/c21-20(22,23)17-26-27-18(33-17)25-16(29)12-7-5-11(6-8-12)9-28(19(30)31)10-15-24-13-3-1-2-4-14(13)32-15/h1-8H,9-10H2,(H,30,31)(H,25,27,29). The van der Waals surface area contributed by atoms with Crippen molar-refractivity contribution in [2.45, 2.75) is 19.3 Å². The molecule has 0 fully saturated rings. The smallest absolute Gasteiger partial charge is 0.445 e. The number of nitrogens with zero attached hydrogens (tertiary/aromatic N) is 4. The summed E-state index contributed by atoms with van der Waals surface area (Å²) in [4.78, 5) is 29.6. The summed E-state index contributed by atoms with van der Waals surface area (Å²) in [5.41, 5.74) is 1.61. The van der Waals surface area contributed by atoms with Crippen molar-refractivity contribution in [1.82, 2.24) is 20.1 Å². The number of fused-ring (bicyclic) bond motifs is 1. The minimum atomic E-state index is -4.64. The molecular formula is C20H14F3N5O3S2. The SMILES string of the molecule is O=C(Nc1nnc(C(F)(F)F)s1)c1ccc(CN(Cc2nc3ccccc3s2)C(=O)O)cc1. The van der Waals surface area contributed by atoms with Crippen LogP contribution in [0, 0.1) is 0 Å². The molecule has 0 saturated carbocycles. The molecule has 0 aliphatic rings. The zero-order valence-corrected chi connectivity index (χ0v) is 18.2. The number of carbonyl (C=O) groups excluding carboxylic acids is 1. The summed E-state index contributed by atoms with van der Waals surface area (Å²) in [5.74, 6) is -0.656. The summed E-state index contributed by atoms with van der Waals surface area (Å²) in [7, 11) is 0. The van der Waals surface area contributed by atoms with Crippen molar-refractivity contribution in [3.8, 4) is 0 Å². The topological polar surface area (TPSA) is 108 Å². The molecule has 2 N–H and O–H groups in total. The fourth-order valence-electron chi connectivity index (χ4n) is 2.88. The Labute approximate surface area is 192 Å². The summed E-state index contributed by atoms with van der Waals surface area (Å²) in [6, 6.07) is 13.6. The van der Waals surface area contributed by atoms with E-state index in [0.717, 1.165) is 10.2 Å². The minimum absolute atomic E-state index is 0.0680. The normalized spacial score (nSPS) is 11.5. The molecule has 0 atom stereocenters. The molecule has 13 heteroatoms. The zero-order valence-electron chi connectivity index (χ0n) is 16.5. The molecule has 0 aliphatic heterocycles. The van der Waals surface area contributed by atoms with Crippen LogP contribution in [0.1, 0.15) is 25.9 Å². The average molecular weight is 493 g/mol. The van der Waals surface area contributed by atoms with Gasteiger partial charge in [0.1, 0.15) is 5.01 Å². The molecule has 0 spiro atoms. The summed E-state index contributed by atoms with van der Waals surface area (Å²) in [6.45, 7) is 0.175. The van der Waals surface area contributed by atoms with Crippen LogP contribution in [-0.4, -0.2) is 37.2 Å². The number of halogens is 3. The number of thiazole rings is 1. The van der Waals surface area contributed by atoms with Gasteiger partial charge in [-0.05, 0) is 29.8 Å². The molecule has 8 nitrogen and oxygen atoms in total. The van der Waals surface area contributed by atoms with Crippen LogP contribution < -0.4 is 5.32 Å². The number of para-hydroxylation sites is 1. The summed E-state index contributed by atoms with van der Waals surface area (Å²) in [5, 5.41) is 17.4. The van der Waals surface area contributed by atoms with Crippen molar-refractivity contribution in [3.05, 3.63) is 69.7 Å². The first-order chi connectivity index (χ1) is 15.7. The van der Waals surface area contributed by atoms with Crippen LogP contribution in [0.15, 0.2) is 48.5 Å². The summed E-state index contributed by atoms with van der Waals surface area (Å²) < 4.78 is 38.8. The van der Waals surface area contributed by atoms with Gasteiger partial charge in [-0.25, -0.2) is 9.78 Å². The number of hydrogen-bond acceptors (Lipinski definition) is 7. The van der Waals surface area contributed by atoms with E-state index in [1.807, 2.05) is 24.3 Å². The molecule has 0 aliphatic carbocycles. The van der Waals surface area contributed by atoms with Gasteiger partial charge in [0.25, 0.3) is 5.91 Å². The quantitative estimate of drug-likeness (QED) is 0.387. The molecule has 0 unspecified atom stereocenters. The van der Waals surface area contributed by atoms with E-state index in [1.54, 1.807) is 12.1 Å². The maximum Gasteiger partial charge on any atom is 0.445 e. The Hall–Kier alpha value is -3.58. The van der Waals surface area contributed by atoms with Gasteiger partial charge in [0.05, 0.1) is 16.8 Å². The van der Waals surface area contributed by atoms with Gasteiger partial charge in [-0.15, -0.1) is 21.5 Å². The third kappa shape index (κ3) is 5.43. The van der Waals surface area contributed by atoms with Crippen LogP contribution in [-0.2, 0) is 19.3 Å². The van der Waals surface area contributed by atoms with Crippen molar-refractivity contribution < 1.29 is 27.9 Å². The third-order valence-corrected chi connectivity index (χ3v) is 6.32. The number of benzene rings is 2. The summed E-state index contributed by atoms with van der Waals surface area (Å²) >= 11 is 1.64. The van der Waals surface area contributed by atoms with E-state index in [4.69, 9.17) is 0 Å². The first-order valence-electron chi connectivity index (χ1n) is 9.32. The molecule has 33 heavy (non-hydrogen) atoms. The van der Waals surface area contributed by atoms with Crippen LogP contribution in [0.2, 0.25) is 0 Å². The molecule has 2 aromatic carbocycles. The number of aromatic nitrogens is 3. The number of anilines is 1. The van der Waals surface area contributed by atoms with Crippen LogP contribution in [0.3, 0.4) is 0 Å². The molecule has 170 valence electrons. The van der Waals surface area contributed by atoms with Crippen LogP contribution >= 0.6 is 22.7 Å². The van der Waals surface area contributed by atoms with Gasteiger partial charge in [-0.3, -0.25) is 15.0 Å². The number of alkyl halides is 3. The number of carboxylic acid groups (broad SMARTS) is 1. The minimum Gasteiger partial charge on any atom is -0.465 e. The van der Waals surface area contributed by atoms with Gasteiger partial charge in [0, 0.05) is 12.1 Å². The van der Waals surface area contributed by atoms with Crippen molar-refractivity contribution in [3.63, 3.8) is 0 Å². The van der Waals surface area contributed by atoms with Crippen LogP contribution in [0.25, 0.3) is 10.2 Å². The lowest BCUT2D eigenvalue weighted by atomic mass is 10.1. The number of rotatable bonds is 6. The second-order valence-corrected chi connectivity index (χ2v) is 8.87. The maximum absolute atomic E-state index is 12.6. The van der Waals surface area contributed by atoms with Gasteiger partial charge in [-0.1, -0.05) is 35.6 Å². The monoisotopic (exact) mass is 493 g/mol. The predicted molar refractivity (Wildman–Crippen MR) is 116 cm³/mol. The number of carbonyl (C=O) groups is 2. The van der Waals surface area contributed by atoms with Gasteiger partial charge in [0.15, 0.2) is 0 Å². The van der Waals surface area contributed by atoms with E-state index in [9.17, 15) is 27.9 Å². The highest BCUT2D eigenvalue weighted by atomic mass is 32.1. The van der Waals surface area contributed by atoms with Gasteiger partial charge < -0.3 is 5.11 Å². The Morgan fingerprint density at radius 2 is 1.73 bits per heavy atom. The number of amides is 2. The van der Waals surface area contributed by atoms with Crippen molar-refractivity contribution in [1.29, 1.82) is 0 Å². The van der Waals surface area contributed by atoms with E-state index in [-0.39, 0.29) is 35.1 Å². The van der Waals surface area contributed by atoms with Gasteiger partial charge in [-0.2, -0.15) is 13.2 Å². The van der Waals surface area contributed by atoms with Crippen LogP contribution in [0.4, 0.5) is 23.1 Å². The second-order valence-electron chi connectivity index (χ2n) is 6.78. The Morgan fingerprint density at radius 3 is 2.36 bits per heavy atom. The largest absolute Gasteiger partial charge is 0.465 e. The highest BCUT2D eigenvalue weighted by Crippen LogP contribution is 2.33. The molecule has 2 amide bonds. The van der Waals surface area contributed by atoms with E-state index in [0.29, 0.717) is 10.6 Å². The molecule has 0 bridgehead atoms. The predicted octanol–water partition coefficient (Wildman–Crippen LogP) is 5.10. The highest BCUT2D eigenvalue weighted by Gasteiger charge is 2.35. The molecule has 0 saturated heterocycles. The van der Waals surface area contributed by atoms with Crippen molar-refractivity contribution in [2.24, 2.45) is 0 Å². The van der Waals surface area contributed by atoms with E-state index >= 15 is 0 Å². The molecule has 4 rings (SSSR count). The Morgan fingerprint density at radius 1 is 1.00 bits per heavy atom. The summed E-state index contributed by atoms with van der Waals surface area (Å²) in [6.07, 6.45) is -5.75. The fourth-order valence-corrected chi connectivity index (χ4v) is 4.47. The maximum atomic E-state index is 12.6. The Balaban J connectivity index is 1.41. The molecule has 2 aromatic heterocycles. The van der Waals surface area contributed by atoms with E-state index in [1.165, 1.54) is 28.4 Å². The molecule has 4 aromatic rings. The van der Waals surface area contributed by atoms with Gasteiger partial charge in [0.2, 0.25) is 10.1 Å². The van der Waals surface area contributed by atoms with Crippen molar-refractivity contribution >= 4 is 50.0 Å². The second kappa shape index (κ2) is 9.11. The van der Waals surface area contributed by atoms with Crippen LogP contribution in [0.5, 0.6) is 0 Å².